The molecule has 0 aromatic heterocycles. The zero-order chi connectivity index (χ0) is 16.4. The lowest BCUT2D eigenvalue weighted by Crippen LogP contribution is -2.35. The maximum atomic E-state index is 12.1. The molecule has 22 heavy (non-hydrogen) atoms. The van der Waals surface area contributed by atoms with Gasteiger partial charge in [0.05, 0.1) is 0 Å². The molecule has 0 spiro atoms. The Bertz CT molecular complexity index is 391. The summed E-state index contributed by atoms with van der Waals surface area (Å²) in [6, 6.07) is 0. The fraction of sp³-hybridized carbons (Fsp3) is 0.778. The molecule has 2 amide bonds. The van der Waals surface area contributed by atoms with Crippen LogP contribution in [0.3, 0.4) is 0 Å². The maximum Gasteiger partial charge on any atom is 0.224 e. The van der Waals surface area contributed by atoms with Gasteiger partial charge in [-0.2, -0.15) is 0 Å². The Balaban J connectivity index is 2.35. The lowest BCUT2D eigenvalue weighted by atomic mass is 9.97. The number of carbonyl (C=O) groups is 2. The van der Waals surface area contributed by atoms with E-state index in [4.69, 9.17) is 0 Å². The average Bonchev–Trinajstić information content (AvgIpc) is 2.52. The Morgan fingerprint density at radius 2 is 1.95 bits per heavy atom. The van der Waals surface area contributed by atoms with Crippen molar-refractivity contribution >= 4 is 11.8 Å². The third-order valence-corrected chi connectivity index (χ3v) is 4.40. The largest absolute Gasteiger partial charge is 0.346 e. The summed E-state index contributed by atoms with van der Waals surface area (Å²) in [5, 5.41) is 0. The molecule has 0 saturated heterocycles. The summed E-state index contributed by atoms with van der Waals surface area (Å²) in [6.07, 6.45) is 10.7. The first-order valence-corrected chi connectivity index (χ1v) is 8.72. The van der Waals surface area contributed by atoms with E-state index in [-0.39, 0.29) is 11.8 Å². The summed E-state index contributed by atoms with van der Waals surface area (Å²) >= 11 is 0. The van der Waals surface area contributed by atoms with Crippen LogP contribution < -0.4 is 0 Å². The molecule has 0 radical (unpaired) electrons. The maximum absolute atomic E-state index is 12.1. The molecule has 1 aliphatic carbocycles. The monoisotopic (exact) mass is 308 g/mol. The molecule has 4 heteroatoms. The number of allylic oxidation sites excluding steroid dienone is 1. The standard InChI is InChI=1S/C18H32N2O2/c1-4-5-13-19(3)18(22)12-15-20(16(2)21)14-11-17-9-7-6-8-10-17/h9H,4-8,10-15H2,1-3H3. The highest BCUT2D eigenvalue weighted by Gasteiger charge is 2.14. The van der Waals surface area contributed by atoms with Crippen molar-refractivity contribution in [1.29, 1.82) is 0 Å². The molecule has 1 aliphatic rings. The topological polar surface area (TPSA) is 40.6 Å². The highest BCUT2D eigenvalue weighted by molar-refractivity contribution is 5.78. The number of hydrogen-bond donors (Lipinski definition) is 0. The predicted molar refractivity (Wildman–Crippen MR) is 90.6 cm³/mol. The van der Waals surface area contributed by atoms with Crippen molar-refractivity contribution in [2.24, 2.45) is 0 Å². The van der Waals surface area contributed by atoms with Crippen molar-refractivity contribution in [3.05, 3.63) is 11.6 Å². The zero-order valence-electron chi connectivity index (χ0n) is 14.6. The van der Waals surface area contributed by atoms with Crippen molar-refractivity contribution in [2.75, 3.05) is 26.7 Å². The zero-order valence-corrected chi connectivity index (χ0v) is 14.6. The highest BCUT2D eigenvalue weighted by atomic mass is 16.2. The Labute approximate surface area is 135 Å². The minimum absolute atomic E-state index is 0.0698. The van der Waals surface area contributed by atoms with Gasteiger partial charge in [0.25, 0.3) is 0 Å². The van der Waals surface area contributed by atoms with E-state index >= 15 is 0 Å². The van der Waals surface area contributed by atoms with Crippen LogP contribution in [0.1, 0.15) is 65.2 Å². The molecule has 1 rings (SSSR count). The highest BCUT2D eigenvalue weighted by Crippen LogP contribution is 2.20. The van der Waals surface area contributed by atoms with E-state index in [1.807, 2.05) is 11.9 Å². The normalized spacial score (nSPS) is 14.4. The molecule has 0 aliphatic heterocycles. The fourth-order valence-corrected chi connectivity index (χ4v) is 2.78. The van der Waals surface area contributed by atoms with Gasteiger partial charge in [-0.15, -0.1) is 0 Å². The number of nitrogens with zero attached hydrogens (tertiary/aromatic N) is 2. The second kappa shape index (κ2) is 10.4. The summed E-state index contributed by atoms with van der Waals surface area (Å²) in [5.41, 5.74) is 1.48. The van der Waals surface area contributed by atoms with E-state index in [2.05, 4.69) is 13.0 Å². The molecule has 0 saturated carbocycles. The number of amides is 2. The van der Waals surface area contributed by atoms with Crippen LogP contribution in [0, 0.1) is 0 Å². The minimum Gasteiger partial charge on any atom is -0.346 e. The van der Waals surface area contributed by atoms with Gasteiger partial charge in [0.1, 0.15) is 0 Å². The van der Waals surface area contributed by atoms with E-state index in [0.717, 1.165) is 32.4 Å². The minimum atomic E-state index is 0.0698. The van der Waals surface area contributed by atoms with Gasteiger partial charge in [-0.05, 0) is 38.5 Å². The van der Waals surface area contributed by atoms with E-state index < -0.39 is 0 Å². The molecule has 0 bridgehead atoms. The van der Waals surface area contributed by atoms with Gasteiger partial charge in [-0.1, -0.05) is 25.0 Å². The third-order valence-electron chi connectivity index (χ3n) is 4.40. The van der Waals surface area contributed by atoms with Crippen LogP contribution in [-0.2, 0) is 9.59 Å². The van der Waals surface area contributed by atoms with E-state index in [1.165, 1.54) is 31.3 Å². The van der Waals surface area contributed by atoms with Crippen LogP contribution in [0.2, 0.25) is 0 Å². The molecular weight excluding hydrogens is 276 g/mol. The average molecular weight is 308 g/mol. The number of carbonyl (C=O) groups excluding carboxylic acids is 2. The summed E-state index contributed by atoms with van der Waals surface area (Å²) < 4.78 is 0. The lowest BCUT2D eigenvalue weighted by Gasteiger charge is -2.24. The Morgan fingerprint density at radius 1 is 1.18 bits per heavy atom. The molecule has 126 valence electrons. The Kier molecular flexibility index (Phi) is 8.86. The molecule has 4 nitrogen and oxygen atoms in total. The van der Waals surface area contributed by atoms with Gasteiger partial charge in [-0.3, -0.25) is 9.59 Å². The van der Waals surface area contributed by atoms with Gasteiger partial charge in [0.15, 0.2) is 0 Å². The molecule has 0 unspecified atom stereocenters. The molecule has 0 N–H and O–H groups in total. The second-order valence-electron chi connectivity index (χ2n) is 6.28. The summed E-state index contributed by atoms with van der Waals surface area (Å²) in [6.45, 7) is 5.81. The second-order valence-corrected chi connectivity index (χ2v) is 6.28. The van der Waals surface area contributed by atoms with Crippen molar-refractivity contribution in [3.8, 4) is 0 Å². The van der Waals surface area contributed by atoms with Gasteiger partial charge < -0.3 is 9.80 Å². The molecular formula is C18H32N2O2. The summed E-state index contributed by atoms with van der Waals surface area (Å²) in [5.74, 6) is 0.206. The first-order valence-electron chi connectivity index (χ1n) is 8.72. The van der Waals surface area contributed by atoms with Crippen molar-refractivity contribution in [3.63, 3.8) is 0 Å². The van der Waals surface area contributed by atoms with E-state index in [1.54, 1.807) is 11.8 Å². The molecule has 0 heterocycles. The van der Waals surface area contributed by atoms with Gasteiger partial charge >= 0.3 is 0 Å². The van der Waals surface area contributed by atoms with Crippen LogP contribution in [-0.4, -0.2) is 48.3 Å². The van der Waals surface area contributed by atoms with Crippen LogP contribution in [0.5, 0.6) is 0 Å². The Hall–Kier alpha value is -1.32. The van der Waals surface area contributed by atoms with E-state index in [9.17, 15) is 9.59 Å². The van der Waals surface area contributed by atoms with E-state index in [0.29, 0.717) is 13.0 Å². The smallest absolute Gasteiger partial charge is 0.224 e. The molecule has 0 aromatic carbocycles. The van der Waals surface area contributed by atoms with Gasteiger partial charge in [0, 0.05) is 40.0 Å². The number of unbranched alkanes of at least 4 members (excludes halogenated alkanes) is 1. The van der Waals surface area contributed by atoms with Gasteiger partial charge in [0.2, 0.25) is 11.8 Å². The summed E-state index contributed by atoms with van der Waals surface area (Å²) in [4.78, 5) is 27.4. The SMILES string of the molecule is CCCCN(C)C(=O)CCN(CCC1=CCCCC1)C(C)=O. The van der Waals surface area contributed by atoms with Crippen LogP contribution in [0.25, 0.3) is 0 Å². The molecule has 0 fully saturated rings. The first-order chi connectivity index (χ1) is 10.5. The third kappa shape index (κ3) is 7.10. The van der Waals surface area contributed by atoms with Crippen LogP contribution in [0.4, 0.5) is 0 Å². The fourth-order valence-electron chi connectivity index (χ4n) is 2.78. The van der Waals surface area contributed by atoms with Crippen molar-refractivity contribution in [1.82, 2.24) is 9.80 Å². The first kappa shape index (κ1) is 18.7. The lowest BCUT2D eigenvalue weighted by molar-refractivity contribution is -0.132. The van der Waals surface area contributed by atoms with Crippen molar-refractivity contribution < 1.29 is 9.59 Å². The van der Waals surface area contributed by atoms with Crippen molar-refractivity contribution in [2.45, 2.75) is 65.2 Å². The number of rotatable bonds is 9. The Morgan fingerprint density at radius 3 is 2.55 bits per heavy atom. The summed E-state index contributed by atoms with van der Waals surface area (Å²) in [7, 11) is 1.85. The van der Waals surface area contributed by atoms with Crippen LogP contribution >= 0.6 is 0 Å². The number of hydrogen-bond acceptors (Lipinski definition) is 2. The quantitative estimate of drug-likeness (QED) is 0.613. The van der Waals surface area contributed by atoms with Crippen LogP contribution in [0.15, 0.2) is 11.6 Å². The molecule has 0 aromatic rings. The molecule has 0 atom stereocenters. The van der Waals surface area contributed by atoms with Gasteiger partial charge in [-0.25, -0.2) is 0 Å². The predicted octanol–water partition coefficient (Wildman–Crippen LogP) is 3.37.